The second-order valence-corrected chi connectivity index (χ2v) is 10.6. The number of aliphatic hydroxyl groups is 1. The Morgan fingerprint density at radius 3 is 2.69 bits per heavy atom. The number of para-hydroxylation sites is 1. The molecule has 1 aliphatic carbocycles. The molecule has 8 nitrogen and oxygen atoms in total. The number of carbonyl (C=O) groups is 2. The fourth-order valence-corrected chi connectivity index (χ4v) is 5.44. The van der Waals surface area contributed by atoms with E-state index in [1.165, 1.54) is 11.1 Å². The Kier molecular flexibility index (Phi) is 6.53. The van der Waals surface area contributed by atoms with E-state index in [0.29, 0.717) is 18.8 Å². The van der Waals surface area contributed by atoms with Gasteiger partial charge < -0.3 is 29.9 Å². The maximum atomic E-state index is 13.2. The van der Waals surface area contributed by atoms with E-state index < -0.39 is 23.5 Å². The summed E-state index contributed by atoms with van der Waals surface area (Å²) in [6.45, 7) is 7.15. The zero-order valence-corrected chi connectivity index (χ0v) is 20.9. The highest BCUT2D eigenvalue weighted by Gasteiger charge is 2.63. The number of rotatable bonds is 9. The molecule has 0 aromatic heterocycles. The number of β-amino-alcohol motifs (C(OH)–C–C–N with tert-alkyl or cyclic N) is 1. The minimum absolute atomic E-state index is 0.00807. The molecular formula is C28H34N2O6. The van der Waals surface area contributed by atoms with Crippen LogP contribution >= 0.6 is 0 Å². The van der Waals surface area contributed by atoms with Crippen molar-refractivity contribution in [2.75, 3.05) is 19.7 Å². The normalized spacial score (nSPS) is 23.7. The molecule has 0 radical (unpaired) electrons. The van der Waals surface area contributed by atoms with Crippen LogP contribution in [0.15, 0.2) is 42.5 Å². The highest BCUT2D eigenvalue weighted by atomic mass is 16.5. The van der Waals surface area contributed by atoms with Crippen molar-refractivity contribution in [3.63, 3.8) is 0 Å². The number of ether oxygens (including phenoxy) is 2. The molecule has 0 saturated heterocycles. The highest BCUT2D eigenvalue weighted by molar-refractivity contribution is 5.85. The second kappa shape index (κ2) is 9.50. The van der Waals surface area contributed by atoms with Gasteiger partial charge in [0.05, 0.1) is 24.4 Å². The first-order valence-electron chi connectivity index (χ1n) is 12.6. The third-order valence-corrected chi connectivity index (χ3v) is 7.64. The Balaban J connectivity index is 1.12. The summed E-state index contributed by atoms with van der Waals surface area (Å²) in [4.78, 5) is 26.4. The number of carbonyl (C=O) groups excluding carboxylic acids is 1. The zero-order chi connectivity index (χ0) is 25.6. The van der Waals surface area contributed by atoms with Crippen LogP contribution in [0.5, 0.6) is 5.75 Å². The lowest BCUT2D eigenvalue weighted by molar-refractivity contribution is -0.139. The number of amides is 1. The van der Waals surface area contributed by atoms with E-state index in [4.69, 9.17) is 9.47 Å². The summed E-state index contributed by atoms with van der Waals surface area (Å²) in [5, 5.41) is 23.1. The minimum Gasteiger partial charge on any atom is -0.488 e. The SMILES string of the molecule is C[C@@H](OC[C@H](O)CNC(C)(C)C(=O)N1CCc2ccccc2C1)c1cccc2c1O[C@H]1[C@H](C(=O)O)[C@@H]21. The fraction of sp³-hybridized carbons (Fsp3) is 0.500. The number of benzene rings is 2. The van der Waals surface area contributed by atoms with Crippen LogP contribution in [0.1, 0.15) is 55.0 Å². The van der Waals surface area contributed by atoms with Gasteiger partial charge in [0.1, 0.15) is 17.8 Å². The Hall–Kier alpha value is -2.94. The summed E-state index contributed by atoms with van der Waals surface area (Å²) in [5.41, 5.74) is 3.42. The molecule has 1 saturated carbocycles. The van der Waals surface area contributed by atoms with Gasteiger partial charge in [0, 0.05) is 36.7 Å². The lowest BCUT2D eigenvalue weighted by Gasteiger charge is -2.36. The molecule has 5 atom stereocenters. The molecule has 1 fully saturated rings. The van der Waals surface area contributed by atoms with Crippen molar-refractivity contribution in [2.45, 2.75) is 63.5 Å². The maximum absolute atomic E-state index is 13.2. The van der Waals surface area contributed by atoms with E-state index in [2.05, 4.69) is 17.4 Å². The largest absolute Gasteiger partial charge is 0.488 e. The predicted molar refractivity (Wildman–Crippen MR) is 133 cm³/mol. The quantitative estimate of drug-likeness (QED) is 0.492. The average Bonchev–Trinajstić information content (AvgIpc) is 3.47. The van der Waals surface area contributed by atoms with Gasteiger partial charge in [-0.25, -0.2) is 0 Å². The van der Waals surface area contributed by atoms with Gasteiger partial charge in [-0.05, 0) is 38.3 Å². The molecule has 0 unspecified atom stereocenters. The van der Waals surface area contributed by atoms with Gasteiger partial charge in [-0.3, -0.25) is 9.59 Å². The molecule has 0 bridgehead atoms. The van der Waals surface area contributed by atoms with E-state index in [0.717, 1.165) is 17.5 Å². The number of aliphatic hydroxyl groups excluding tert-OH is 1. The maximum Gasteiger partial charge on any atom is 0.311 e. The van der Waals surface area contributed by atoms with Gasteiger partial charge in [-0.15, -0.1) is 0 Å². The lowest BCUT2D eigenvalue weighted by Crippen LogP contribution is -2.56. The molecule has 2 aromatic carbocycles. The van der Waals surface area contributed by atoms with Crippen molar-refractivity contribution in [1.29, 1.82) is 0 Å². The first-order valence-corrected chi connectivity index (χ1v) is 12.6. The van der Waals surface area contributed by atoms with Crippen LogP contribution < -0.4 is 10.1 Å². The third kappa shape index (κ3) is 4.61. The van der Waals surface area contributed by atoms with Crippen molar-refractivity contribution < 1.29 is 29.3 Å². The summed E-state index contributed by atoms with van der Waals surface area (Å²) in [6, 6.07) is 13.9. The number of hydrogen-bond donors (Lipinski definition) is 3. The molecule has 5 rings (SSSR count). The number of aliphatic carboxylic acids is 1. The number of carboxylic acids is 1. The fourth-order valence-electron chi connectivity index (χ4n) is 5.44. The van der Waals surface area contributed by atoms with Gasteiger partial charge in [0.25, 0.3) is 0 Å². The van der Waals surface area contributed by atoms with Crippen molar-refractivity contribution in [3.05, 3.63) is 64.7 Å². The van der Waals surface area contributed by atoms with E-state index >= 15 is 0 Å². The standard InChI is InChI=1S/C28H34N2O6/c1-16(20-9-6-10-21-22-23(26(32)33)25(22)36-24(20)21)35-15-19(31)13-29-28(2,3)27(34)30-12-11-17-7-4-5-8-18(17)14-30/h4-10,16,19,22-23,25,29,31H,11-15H2,1-3H3,(H,32,33)/t16-,19-,22-,23-,25-/m1/s1. The van der Waals surface area contributed by atoms with Gasteiger partial charge in [-0.2, -0.15) is 0 Å². The van der Waals surface area contributed by atoms with Gasteiger partial charge in [-0.1, -0.05) is 42.5 Å². The summed E-state index contributed by atoms with van der Waals surface area (Å²) < 4.78 is 11.9. The van der Waals surface area contributed by atoms with Crippen molar-refractivity contribution in [3.8, 4) is 5.75 Å². The number of carboxylic acid groups (broad SMARTS) is 1. The molecule has 8 heteroatoms. The third-order valence-electron chi connectivity index (χ3n) is 7.64. The smallest absolute Gasteiger partial charge is 0.311 e. The van der Waals surface area contributed by atoms with E-state index in [9.17, 15) is 19.8 Å². The van der Waals surface area contributed by atoms with Crippen LogP contribution in [0.25, 0.3) is 0 Å². The first kappa shape index (κ1) is 24.7. The van der Waals surface area contributed by atoms with Gasteiger partial charge >= 0.3 is 5.97 Å². The van der Waals surface area contributed by atoms with Crippen LogP contribution in [0.3, 0.4) is 0 Å². The van der Waals surface area contributed by atoms with E-state index in [1.807, 2.05) is 56.0 Å². The molecule has 0 spiro atoms. The monoisotopic (exact) mass is 494 g/mol. The molecule has 2 aliphatic heterocycles. The molecule has 36 heavy (non-hydrogen) atoms. The summed E-state index contributed by atoms with van der Waals surface area (Å²) in [6.07, 6.45) is -0.589. The van der Waals surface area contributed by atoms with E-state index in [1.54, 1.807) is 0 Å². The Labute approximate surface area is 211 Å². The number of nitrogens with zero attached hydrogens (tertiary/aromatic N) is 1. The number of fused-ring (bicyclic) bond motifs is 4. The molecule has 3 N–H and O–H groups in total. The Morgan fingerprint density at radius 2 is 1.94 bits per heavy atom. The average molecular weight is 495 g/mol. The van der Waals surface area contributed by atoms with Crippen molar-refractivity contribution in [2.24, 2.45) is 5.92 Å². The first-order chi connectivity index (χ1) is 17.2. The van der Waals surface area contributed by atoms with Gasteiger partial charge in [0.15, 0.2) is 0 Å². The molecule has 3 aliphatic rings. The van der Waals surface area contributed by atoms with Gasteiger partial charge in [0.2, 0.25) is 5.91 Å². The lowest BCUT2D eigenvalue weighted by atomic mass is 9.96. The van der Waals surface area contributed by atoms with Crippen LogP contribution in [0.2, 0.25) is 0 Å². The zero-order valence-electron chi connectivity index (χ0n) is 20.9. The minimum atomic E-state index is -0.826. The number of nitrogens with one attached hydrogen (secondary N) is 1. The molecule has 2 aromatic rings. The molecule has 192 valence electrons. The Morgan fingerprint density at radius 1 is 1.19 bits per heavy atom. The summed E-state index contributed by atoms with van der Waals surface area (Å²) >= 11 is 0. The van der Waals surface area contributed by atoms with Crippen LogP contribution in [0, 0.1) is 5.92 Å². The topological polar surface area (TPSA) is 108 Å². The van der Waals surface area contributed by atoms with Crippen LogP contribution in [0.4, 0.5) is 0 Å². The summed E-state index contributed by atoms with van der Waals surface area (Å²) in [5.74, 6) is -0.670. The molecular weight excluding hydrogens is 460 g/mol. The highest BCUT2D eigenvalue weighted by Crippen LogP contribution is 2.59. The predicted octanol–water partition coefficient (Wildman–Crippen LogP) is 2.64. The Bertz CT molecular complexity index is 1160. The molecule has 1 amide bonds. The molecule has 2 heterocycles. The second-order valence-electron chi connectivity index (χ2n) is 10.6. The number of hydrogen-bond acceptors (Lipinski definition) is 6. The van der Waals surface area contributed by atoms with E-state index in [-0.39, 0.29) is 37.2 Å². The van der Waals surface area contributed by atoms with Crippen molar-refractivity contribution >= 4 is 11.9 Å². The van der Waals surface area contributed by atoms with Crippen LogP contribution in [-0.4, -0.2) is 64.4 Å². The van der Waals surface area contributed by atoms with Crippen LogP contribution in [-0.2, 0) is 27.3 Å². The summed E-state index contributed by atoms with van der Waals surface area (Å²) in [7, 11) is 0. The van der Waals surface area contributed by atoms with Crippen molar-refractivity contribution in [1.82, 2.24) is 10.2 Å².